The van der Waals surface area contributed by atoms with Gasteiger partial charge < -0.3 is 10.1 Å². The molecule has 0 fully saturated rings. The van der Waals surface area contributed by atoms with Gasteiger partial charge in [-0.15, -0.1) is 0 Å². The van der Waals surface area contributed by atoms with Gasteiger partial charge in [-0.05, 0) is 25.1 Å². The second-order valence-corrected chi connectivity index (χ2v) is 4.65. The van der Waals surface area contributed by atoms with Crippen molar-refractivity contribution in [1.82, 2.24) is 5.32 Å². The summed E-state index contributed by atoms with van der Waals surface area (Å²) in [5, 5.41) is 3.17. The Morgan fingerprint density at radius 1 is 1.05 bits per heavy atom. The van der Waals surface area contributed by atoms with Crippen LogP contribution in [0.15, 0.2) is 24.3 Å². The first-order valence-electron chi connectivity index (χ1n) is 7.05. The fourth-order valence-electron chi connectivity index (χ4n) is 1.86. The monoisotopic (exact) mass is 289 g/mol. The Balaban J connectivity index is 2.26. The van der Waals surface area contributed by atoms with Crippen LogP contribution in [0.4, 0.5) is 13.2 Å². The fourth-order valence-corrected chi connectivity index (χ4v) is 1.86. The zero-order chi connectivity index (χ0) is 14.8. The maximum absolute atomic E-state index is 12.7. The highest BCUT2D eigenvalue weighted by molar-refractivity contribution is 5.35. The van der Waals surface area contributed by atoms with Gasteiger partial charge in [-0.2, -0.15) is 13.2 Å². The Kier molecular flexibility index (Phi) is 7.44. The second-order valence-electron chi connectivity index (χ2n) is 4.65. The van der Waals surface area contributed by atoms with E-state index in [0.29, 0.717) is 6.54 Å². The van der Waals surface area contributed by atoms with E-state index in [1.54, 1.807) is 6.07 Å². The molecular formula is C15H22F3NO. The van der Waals surface area contributed by atoms with Gasteiger partial charge >= 0.3 is 6.18 Å². The maximum atomic E-state index is 12.7. The van der Waals surface area contributed by atoms with E-state index < -0.39 is 11.7 Å². The summed E-state index contributed by atoms with van der Waals surface area (Å²) in [4.78, 5) is 0. The molecule has 0 aliphatic rings. The zero-order valence-corrected chi connectivity index (χ0v) is 11.8. The molecule has 1 aromatic carbocycles. The molecule has 0 radical (unpaired) electrons. The third-order valence-electron chi connectivity index (χ3n) is 2.94. The van der Waals surface area contributed by atoms with Crippen LogP contribution in [0.3, 0.4) is 0 Å². The van der Waals surface area contributed by atoms with E-state index in [0.717, 1.165) is 19.0 Å². The lowest BCUT2D eigenvalue weighted by atomic mass is 10.2. The molecule has 2 nitrogen and oxygen atoms in total. The molecule has 20 heavy (non-hydrogen) atoms. The Labute approximate surface area is 118 Å². The number of halogens is 3. The molecule has 0 spiro atoms. The quantitative estimate of drug-likeness (QED) is 0.686. The van der Waals surface area contributed by atoms with Crippen LogP contribution in [0.1, 0.15) is 38.2 Å². The number of nitrogens with one attached hydrogen (secondary N) is 1. The predicted octanol–water partition coefficient (Wildman–Crippen LogP) is 4.25. The minimum atomic E-state index is -4.37. The van der Waals surface area contributed by atoms with Crippen LogP contribution in [0, 0.1) is 0 Å². The van der Waals surface area contributed by atoms with E-state index in [4.69, 9.17) is 4.74 Å². The molecule has 0 unspecified atom stereocenters. The van der Waals surface area contributed by atoms with E-state index in [1.807, 2.05) is 0 Å². The number of benzene rings is 1. The summed E-state index contributed by atoms with van der Waals surface area (Å²) in [7, 11) is 0. The molecule has 0 aromatic heterocycles. The minimum absolute atomic E-state index is 0.104. The second kappa shape index (κ2) is 8.84. The lowest BCUT2D eigenvalue weighted by molar-refractivity contribution is -0.138. The summed E-state index contributed by atoms with van der Waals surface area (Å²) in [6.07, 6.45) is 0.312. The van der Waals surface area contributed by atoms with Crippen LogP contribution in [0.25, 0.3) is 0 Å². The number of para-hydroxylation sites is 1. The van der Waals surface area contributed by atoms with E-state index >= 15 is 0 Å². The molecule has 0 aliphatic carbocycles. The highest BCUT2D eigenvalue weighted by atomic mass is 19.4. The Hall–Kier alpha value is -1.23. The Morgan fingerprint density at radius 2 is 1.80 bits per heavy atom. The molecule has 0 heterocycles. The molecule has 0 amide bonds. The minimum Gasteiger partial charge on any atom is -0.492 e. The average Bonchev–Trinajstić information content (AvgIpc) is 2.41. The zero-order valence-electron chi connectivity index (χ0n) is 11.8. The maximum Gasteiger partial charge on any atom is 0.419 e. The SMILES string of the molecule is CCCCCCNCCOc1ccccc1C(F)(F)F. The van der Waals surface area contributed by atoms with Gasteiger partial charge in [0.25, 0.3) is 0 Å². The number of rotatable bonds is 9. The van der Waals surface area contributed by atoms with Crippen LogP contribution >= 0.6 is 0 Å². The standard InChI is InChI=1S/C15H22F3NO/c1-2-3-4-7-10-19-11-12-20-14-9-6-5-8-13(14)15(16,17)18/h5-6,8-9,19H,2-4,7,10-12H2,1H3. The van der Waals surface area contributed by atoms with Gasteiger partial charge in [-0.25, -0.2) is 0 Å². The Morgan fingerprint density at radius 3 is 2.50 bits per heavy atom. The van der Waals surface area contributed by atoms with Crippen LogP contribution in [-0.4, -0.2) is 19.7 Å². The summed E-state index contributed by atoms with van der Waals surface area (Å²) < 4.78 is 43.3. The molecule has 1 N–H and O–H groups in total. The van der Waals surface area contributed by atoms with Crippen LogP contribution in [0.5, 0.6) is 5.75 Å². The summed E-state index contributed by atoms with van der Waals surface area (Å²) in [5.74, 6) is -0.104. The van der Waals surface area contributed by atoms with E-state index in [9.17, 15) is 13.2 Å². The molecular weight excluding hydrogens is 267 g/mol. The van der Waals surface area contributed by atoms with Crippen LogP contribution < -0.4 is 10.1 Å². The molecule has 5 heteroatoms. The van der Waals surface area contributed by atoms with Gasteiger partial charge in [-0.3, -0.25) is 0 Å². The third kappa shape index (κ3) is 6.28. The lowest BCUT2D eigenvalue weighted by Crippen LogP contribution is -2.22. The first kappa shape index (κ1) is 16.8. The van der Waals surface area contributed by atoms with Crippen molar-refractivity contribution in [2.75, 3.05) is 19.7 Å². The van der Waals surface area contributed by atoms with Gasteiger partial charge in [0.1, 0.15) is 12.4 Å². The van der Waals surface area contributed by atoms with Crippen molar-refractivity contribution in [3.05, 3.63) is 29.8 Å². The highest BCUT2D eigenvalue weighted by Crippen LogP contribution is 2.35. The molecule has 1 rings (SSSR count). The fraction of sp³-hybridized carbons (Fsp3) is 0.600. The molecule has 0 bridgehead atoms. The van der Waals surface area contributed by atoms with E-state index in [2.05, 4.69) is 12.2 Å². The first-order valence-corrected chi connectivity index (χ1v) is 7.05. The normalized spacial score (nSPS) is 11.6. The number of alkyl halides is 3. The highest BCUT2D eigenvalue weighted by Gasteiger charge is 2.33. The van der Waals surface area contributed by atoms with Crippen molar-refractivity contribution in [2.45, 2.75) is 38.8 Å². The predicted molar refractivity (Wildman–Crippen MR) is 74.0 cm³/mol. The summed E-state index contributed by atoms with van der Waals surface area (Å²) in [5.41, 5.74) is -0.719. The van der Waals surface area contributed by atoms with Crippen LogP contribution in [-0.2, 0) is 6.18 Å². The smallest absolute Gasteiger partial charge is 0.419 e. The average molecular weight is 289 g/mol. The summed E-state index contributed by atoms with van der Waals surface area (Å²) >= 11 is 0. The van der Waals surface area contributed by atoms with Gasteiger partial charge in [0, 0.05) is 6.54 Å². The van der Waals surface area contributed by atoms with E-state index in [1.165, 1.54) is 31.4 Å². The number of hydrogen-bond acceptors (Lipinski definition) is 2. The Bertz CT molecular complexity index is 380. The molecule has 0 atom stereocenters. The number of hydrogen-bond donors (Lipinski definition) is 1. The summed E-state index contributed by atoms with van der Waals surface area (Å²) in [6.45, 7) is 3.82. The molecule has 0 saturated heterocycles. The molecule has 114 valence electrons. The molecule has 0 aliphatic heterocycles. The van der Waals surface area contributed by atoms with Gasteiger partial charge in [0.05, 0.1) is 5.56 Å². The van der Waals surface area contributed by atoms with Crippen molar-refractivity contribution < 1.29 is 17.9 Å². The van der Waals surface area contributed by atoms with Crippen molar-refractivity contribution in [2.24, 2.45) is 0 Å². The molecule has 0 saturated carbocycles. The van der Waals surface area contributed by atoms with Crippen molar-refractivity contribution in [3.8, 4) is 5.75 Å². The van der Waals surface area contributed by atoms with Crippen molar-refractivity contribution in [1.29, 1.82) is 0 Å². The van der Waals surface area contributed by atoms with E-state index in [-0.39, 0.29) is 12.4 Å². The summed E-state index contributed by atoms with van der Waals surface area (Å²) in [6, 6.07) is 5.29. The number of ether oxygens (including phenoxy) is 1. The largest absolute Gasteiger partial charge is 0.492 e. The van der Waals surface area contributed by atoms with Crippen molar-refractivity contribution in [3.63, 3.8) is 0 Å². The molecule has 1 aromatic rings. The lowest BCUT2D eigenvalue weighted by Gasteiger charge is -2.13. The van der Waals surface area contributed by atoms with Gasteiger partial charge in [0.15, 0.2) is 0 Å². The van der Waals surface area contributed by atoms with Crippen molar-refractivity contribution >= 4 is 0 Å². The first-order chi connectivity index (χ1) is 9.55. The number of unbranched alkanes of at least 4 members (excludes halogenated alkanes) is 3. The van der Waals surface area contributed by atoms with Gasteiger partial charge in [-0.1, -0.05) is 38.3 Å². The third-order valence-corrected chi connectivity index (χ3v) is 2.94. The van der Waals surface area contributed by atoms with Crippen LogP contribution in [0.2, 0.25) is 0 Å². The topological polar surface area (TPSA) is 21.3 Å². The van der Waals surface area contributed by atoms with Gasteiger partial charge in [0.2, 0.25) is 0 Å².